The molecule has 2 aromatic rings. The number of hydrogen-bond acceptors (Lipinski definition) is 2. The summed E-state index contributed by atoms with van der Waals surface area (Å²) in [7, 11) is 0. The van der Waals surface area contributed by atoms with Crippen LogP contribution in [0, 0.1) is 0 Å². The third-order valence-corrected chi connectivity index (χ3v) is 2.54. The maximum absolute atomic E-state index is 5.79. The van der Waals surface area contributed by atoms with E-state index in [2.05, 4.69) is 5.10 Å². The van der Waals surface area contributed by atoms with Crippen LogP contribution in [0.15, 0.2) is 30.5 Å². The number of benzene rings is 1. The first kappa shape index (κ1) is 10.3. The number of nitrogens with two attached hydrogens (primary N) is 1. The molecule has 0 saturated carbocycles. The zero-order valence-corrected chi connectivity index (χ0v) is 9.33. The lowest BCUT2D eigenvalue weighted by atomic mass is 10.2. The molecule has 0 aliphatic carbocycles. The van der Waals surface area contributed by atoms with Gasteiger partial charge >= 0.3 is 0 Å². The summed E-state index contributed by atoms with van der Waals surface area (Å²) in [5, 5.41) is 5.25. The van der Waals surface area contributed by atoms with Crippen LogP contribution in [0.5, 0.6) is 0 Å². The van der Waals surface area contributed by atoms with Crippen LogP contribution >= 0.6 is 23.2 Å². The standard InChI is InChI=1S/C10H9Cl2N3/c11-8-3-1-7(2-4-8)5-15-6-9(12)10(13)14-15/h1-4,6H,5H2,(H2,13,14). The molecular weight excluding hydrogens is 233 g/mol. The Kier molecular flexibility index (Phi) is 2.84. The van der Waals surface area contributed by atoms with Crippen LogP contribution < -0.4 is 5.73 Å². The van der Waals surface area contributed by atoms with Gasteiger partial charge in [0.2, 0.25) is 0 Å². The Balaban J connectivity index is 2.18. The van der Waals surface area contributed by atoms with Crippen molar-refractivity contribution < 1.29 is 0 Å². The highest BCUT2D eigenvalue weighted by atomic mass is 35.5. The van der Waals surface area contributed by atoms with Crippen molar-refractivity contribution in [3.8, 4) is 0 Å². The van der Waals surface area contributed by atoms with E-state index in [1.54, 1.807) is 10.9 Å². The molecule has 78 valence electrons. The summed E-state index contributed by atoms with van der Waals surface area (Å²) in [6, 6.07) is 7.55. The zero-order chi connectivity index (χ0) is 10.8. The van der Waals surface area contributed by atoms with Crippen molar-refractivity contribution in [2.75, 3.05) is 5.73 Å². The smallest absolute Gasteiger partial charge is 0.164 e. The summed E-state index contributed by atoms with van der Waals surface area (Å²) < 4.78 is 1.70. The molecule has 1 aromatic carbocycles. The van der Waals surface area contributed by atoms with Crippen LogP contribution in [0.25, 0.3) is 0 Å². The van der Waals surface area contributed by atoms with E-state index >= 15 is 0 Å². The Morgan fingerprint density at radius 1 is 1.20 bits per heavy atom. The fraction of sp³-hybridized carbons (Fsp3) is 0.100. The molecule has 0 unspecified atom stereocenters. The van der Waals surface area contributed by atoms with Crippen LogP contribution in [0.2, 0.25) is 10.0 Å². The molecule has 0 radical (unpaired) electrons. The molecule has 1 aromatic heterocycles. The van der Waals surface area contributed by atoms with E-state index in [0.717, 1.165) is 10.6 Å². The van der Waals surface area contributed by atoms with Gasteiger partial charge in [-0.2, -0.15) is 5.10 Å². The molecule has 15 heavy (non-hydrogen) atoms. The van der Waals surface area contributed by atoms with Crippen molar-refractivity contribution in [3.05, 3.63) is 46.1 Å². The van der Waals surface area contributed by atoms with Gasteiger partial charge in [-0.05, 0) is 17.7 Å². The van der Waals surface area contributed by atoms with Crippen molar-refractivity contribution in [3.63, 3.8) is 0 Å². The molecule has 3 nitrogen and oxygen atoms in total. The van der Waals surface area contributed by atoms with Crippen molar-refractivity contribution in [1.82, 2.24) is 9.78 Å². The summed E-state index contributed by atoms with van der Waals surface area (Å²) in [5.74, 6) is 0.352. The Morgan fingerprint density at radius 3 is 2.40 bits per heavy atom. The van der Waals surface area contributed by atoms with Gasteiger partial charge < -0.3 is 5.73 Å². The van der Waals surface area contributed by atoms with Gasteiger partial charge in [0.25, 0.3) is 0 Å². The first-order chi connectivity index (χ1) is 7.15. The second kappa shape index (κ2) is 4.13. The van der Waals surface area contributed by atoms with Gasteiger partial charge in [0, 0.05) is 11.2 Å². The van der Waals surface area contributed by atoms with Crippen LogP contribution in [-0.2, 0) is 6.54 Å². The molecule has 1 heterocycles. The number of hydrogen-bond donors (Lipinski definition) is 1. The molecule has 0 aliphatic heterocycles. The predicted molar refractivity (Wildman–Crippen MR) is 62.2 cm³/mol. The Morgan fingerprint density at radius 2 is 1.87 bits per heavy atom. The van der Waals surface area contributed by atoms with Crippen molar-refractivity contribution >= 4 is 29.0 Å². The van der Waals surface area contributed by atoms with E-state index in [-0.39, 0.29) is 0 Å². The molecular formula is C10H9Cl2N3. The maximum Gasteiger partial charge on any atom is 0.164 e. The van der Waals surface area contributed by atoms with Crippen molar-refractivity contribution in [2.24, 2.45) is 0 Å². The molecule has 0 aliphatic rings. The summed E-state index contributed by atoms with van der Waals surface area (Å²) in [6.07, 6.45) is 1.70. The summed E-state index contributed by atoms with van der Waals surface area (Å²) in [6.45, 7) is 0.633. The fourth-order valence-corrected chi connectivity index (χ4v) is 1.55. The zero-order valence-electron chi connectivity index (χ0n) is 7.82. The topological polar surface area (TPSA) is 43.8 Å². The molecule has 0 spiro atoms. The molecule has 5 heteroatoms. The molecule has 0 atom stereocenters. The van der Waals surface area contributed by atoms with E-state index in [4.69, 9.17) is 28.9 Å². The predicted octanol–water partition coefficient (Wildman–Crippen LogP) is 2.82. The number of aromatic nitrogens is 2. The van der Waals surface area contributed by atoms with E-state index < -0.39 is 0 Å². The van der Waals surface area contributed by atoms with E-state index in [0.29, 0.717) is 17.4 Å². The van der Waals surface area contributed by atoms with Gasteiger partial charge in [-0.15, -0.1) is 0 Å². The fourth-order valence-electron chi connectivity index (χ4n) is 1.27. The summed E-state index contributed by atoms with van der Waals surface area (Å²) >= 11 is 11.6. The van der Waals surface area contributed by atoms with Gasteiger partial charge in [0.15, 0.2) is 5.82 Å². The summed E-state index contributed by atoms with van der Waals surface area (Å²) in [5.41, 5.74) is 6.63. The van der Waals surface area contributed by atoms with Gasteiger partial charge in [-0.1, -0.05) is 35.3 Å². The Hall–Kier alpha value is -1.19. The lowest BCUT2D eigenvalue weighted by Gasteiger charge is -2.01. The quantitative estimate of drug-likeness (QED) is 0.879. The third-order valence-electron chi connectivity index (χ3n) is 2.00. The van der Waals surface area contributed by atoms with Gasteiger partial charge in [0.05, 0.1) is 6.54 Å². The normalized spacial score (nSPS) is 10.5. The van der Waals surface area contributed by atoms with Crippen molar-refractivity contribution in [1.29, 1.82) is 0 Å². The molecule has 0 amide bonds. The lowest BCUT2D eigenvalue weighted by molar-refractivity contribution is 0.690. The van der Waals surface area contributed by atoms with E-state index in [1.807, 2.05) is 24.3 Å². The number of anilines is 1. The number of halogens is 2. The second-order valence-corrected chi connectivity index (χ2v) is 4.03. The third kappa shape index (κ3) is 2.43. The van der Waals surface area contributed by atoms with Gasteiger partial charge in [-0.3, -0.25) is 4.68 Å². The molecule has 0 fully saturated rings. The first-order valence-corrected chi connectivity index (χ1v) is 5.13. The molecule has 2 rings (SSSR count). The Bertz CT molecular complexity index is 443. The maximum atomic E-state index is 5.79. The SMILES string of the molecule is Nc1nn(Cc2ccc(Cl)cc2)cc1Cl. The van der Waals surface area contributed by atoms with E-state index in [1.165, 1.54) is 0 Å². The highest BCUT2D eigenvalue weighted by Crippen LogP contribution is 2.16. The largest absolute Gasteiger partial charge is 0.381 e. The van der Waals surface area contributed by atoms with E-state index in [9.17, 15) is 0 Å². The van der Waals surface area contributed by atoms with Gasteiger partial charge in [-0.25, -0.2) is 0 Å². The number of nitrogen functional groups attached to an aromatic ring is 1. The number of rotatable bonds is 2. The molecule has 0 saturated heterocycles. The van der Waals surface area contributed by atoms with Crippen LogP contribution in [0.4, 0.5) is 5.82 Å². The van der Waals surface area contributed by atoms with Gasteiger partial charge in [0.1, 0.15) is 5.02 Å². The average Bonchev–Trinajstić information content (AvgIpc) is 2.50. The minimum Gasteiger partial charge on any atom is -0.381 e. The first-order valence-electron chi connectivity index (χ1n) is 4.38. The lowest BCUT2D eigenvalue weighted by Crippen LogP contribution is -2.00. The minimum absolute atomic E-state index is 0.352. The van der Waals surface area contributed by atoms with Crippen LogP contribution in [0.3, 0.4) is 0 Å². The van der Waals surface area contributed by atoms with Crippen LogP contribution in [0.1, 0.15) is 5.56 Å². The summed E-state index contributed by atoms with van der Waals surface area (Å²) in [4.78, 5) is 0. The minimum atomic E-state index is 0.352. The molecule has 2 N–H and O–H groups in total. The monoisotopic (exact) mass is 241 g/mol. The molecule has 0 bridgehead atoms. The Labute approximate surface area is 97.4 Å². The highest BCUT2D eigenvalue weighted by molar-refractivity contribution is 6.32. The number of nitrogens with zero attached hydrogens (tertiary/aromatic N) is 2. The average molecular weight is 242 g/mol. The second-order valence-electron chi connectivity index (χ2n) is 3.19. The van der Waals surface area contributed by atoms with Crippen molar-refractivity contribution in [2.45, 2.75) is 6.54 Å². The van der Waals surface area contributed by atoms with Crippen LogP contribution in [-0.4, -0.2) is 9.78 Å². The highest BCUT2D eigenvalue weighted by Gasteiger charge is 2.02.